The van der Waals surface area contributed by atoms with Crippen LogP contribution in [0.15, 0.2) is 0 Å². The highest BCUT2D eigenvalue weighted by molar-refractivity contribution is 5.14. The Balaban J connectivity index is 1.82. The third-order valence-corrected chi connectivity index (χ3v) is 5.38. The number of ether oxygens (including phenoxy) is 2. The number of nitrogens with two attached hydrogens (primary N) is 1. The fourth-order valence-electron chi connectivity index (χ4n) is 3.71. The Morgan fingerprint density at radius 2 is 2.15 bits per heavy atom. The molecule has 0 aromatic heterocycles. The summed E-state index contributed by atoms with van der Waals surface area (Å²) in [4.78, 5) is 2.39. The van der Waals surface area contributed by atoms with Gasteiger partial charge in [-0.2, -0.15) is 0 Å². The van der Waals surface area contributed by atoms with Gasteiger partial charge in [-0.25, -0.2) is 0 Å². The molecule has 0 amide bonds. The van der Waals surface area contributed by atoms with Crippen molar-refractivity contribution in [2.75, 3.05) is 40.0 Å². The summed E-state index contributed by atoms with van der Waals surface area (Å²) >= 11 is 0. The van der Waals surface area contributed by atoms with Crippen molar-refractivity contribution in [3.05, 3.63) is 0 Å². The lowest BCUT2D eigenvalue weighted by Crippen LogP contribution is -2.73. The topological polar surface area (TPSA) is 47.7 Å². The van der Waals surface area contributed by atoms with Gasteiger partial charge in [-0.3, -0.25) is 0 Å². The second-order valence-electron chi connectivity index (χ2n) is 7.31. The Hall–Kier alpha value is -0.160. The first-order chi connectivity index (χ1) is 9.39. The standard InChI is InChI=1S/C16H32N2O2/c1-5-20-14-9-16(17,15(14,2)3)12-18(4)10-13-7-6-8-19-11-13/h13-14H,5-12,17H2,1-4H3. The molecule has 0 radical (unpaired) electrons. The molecule has 2 aliphatic rings. The fourth-order valence-corrected chi connectivity index (χ4v) is 3.71. The normalized spacial score (nSPS) is 36.9. The third-order valence-electron chi connectivity index (χ3n) is 5.38. The van der Waals surface area contributed by atoms with E-state index in [1.54, 1.807) is 0 Å². The predicted molar refractivity (Wildman–Crippen MR) is 81.8 cm³/mol. The molecule has 2 rings (SSSR count). The number of nitrogens with zero attached hydrogens (tertiary/aromatic N) is 1. The van der Waals surface area contributed by atoms with Crippen molar-refractivity contribution in [1.82, 2.24) is 4.90 Å². The summed E-state index contributed by atoms with van der Waals surface area (Å²) in [5.41, 5.74) is 6.58. The second-order valence-corrected chi connectivity index (χ2v) is 7.31. The lowest BCUT2D eigenvalue weighted by molar-refractivity contribution is -0.156. The molecule has 0 aromatic carbocycles. The van der Waals surface area contributed by atoms with Crippen LogP contribution in [-0.2, 0) is 9.47 Å². The Labute approximate surface area is 124 Å². The molecule has 1 saturated heterocycles. The van der Waals surface area contributed by atoms with Crippen molar-refractivity contribution >= 4 is 0 Å². The van der Waals surface area contributed by atoms with E-state index in [0.717, 1.165) is 39.3 Å². The Bertz CT molecular complexity index is 316. The maximum Gasteiger partial charge on any atom is 0.0662 e. The number of hydrogen-bond acceptors (Lipinski definition) is 4. The number of hydrogen-bond donors (Lipinski definition) is 1. The summed E-state index contributed by atoms with van der Waals surface area (Å²) in [6, 6.07) is 0. The van der Waals surface area contributed by atoms with Crippen LogP contribution in [0.5, 0.6) is 0 Å². The average molecular weight is 284 g/mol. The maximum atomic E-state index is 6.65. The largest absolute Gasteiger partial charge is 0.381 e. The van der Waals surface area contributed by atoms with Crippen LogP contribution < -0.4 is 5.73 Å². The molecular formula is C16H32N2O2. The molecule has 0 aromatic rings. The van der Waals surface area contributed by atoms with Crippen molar-refractivity contribution < 1.29 is 9.47 Å². The van der Waals surface area contributed by atoms with Crippen LogP contribution in [0.25, 0.3) is 0 Å². The van der Waals surface area contributed by atoms with E-state index in [9.17, 15) is 0 Å². The van der Waals surface area contributed by atoms with Crippen LogP contribution in [0.4, 0.5) is 0 Å². The molecule has 4 heteroatoms. The molecule has 3 atom stereocenters. The molecule has 2 N–H and O–H groups in total. The minimum Gasteiger partial charge on any atom is -0.381 e. The zero-order valence-corrected chi connectivity index (χ0v) is 13.7. The minimum atomic E-state index is -0.128. The van der Waals surface area contributed by atoms with Gasteiger partial charge in [0.05, 0.1) is 12.7 Å². The highest BCUT2D eigenvalue weighted by Gasteiger charge is 2.58. The quantitative estimate of drug-likeness (QED) is 0.809. The molecule has 20 heavy (non-hydrogen) atoms. The van der Waals surface area contributed by atoms with Gasteiger partial charge in [-0.05, 0) is 39.2 Å². The van der Waals surface area contributed by atoms with Gasteiger partial charge in [-0.15, -0.1) is 0 Å². The van der Waals surface area contributed by atoms with Crippen molar-refractivity contribution in [1.29, 1.82) is 0 Å². The van der Waals surface area contributed by atoms with Crippen molar-refractivity contribution in [3.8, 4) is 0 Å². The molecule has 1 aliphatic carbocycles. The van der Waals surface area contributed by atoms with E-state index in [4.69, 9.17) is 15.2 Å². The highest BCUT2D eigenvalue weighted by atomic mass is 16.5. The summed E-state index contributed by atoms with van der Waals surface area (Å²) in [5, 5.41) is 0. The first-order valence-corrected chi connectivity index (χ1v) is 8.06. The van der Waals surface area contributed by atoms with Gasteiger partial charge in [0.15, 0.2) is 0 Å². The van der Waals surface area contributed by atoms with E-state index in [1.165, 1.54) is 12.8 Å². The maximum absolute atomic E-state index is 6.65. The van der Waals surface area contributed by atoms with Gasteiger partial charge >= 0.3 is 0 Å². The van der Waals surface area contributed by atoms with E-state index in [2.05, 4.69) is 32.7 Å². The highest BCUT2D eigenvalue weighted by Crippen LogP contribution is 2.50. The minimum absolute atomic E-state index is 0.0559. The third kappa shape index (κ3) is 3.19. The van der Waals surface area contributed by atoms with Crippen LogP contribution >= 0.6 is 0 Å². The molecule has 2 fully saturated rings. The lowest BCUT2D eigenvalue weighted by Gasteiger charge is -2.60. The first-order valence-electron chi connectivity index (χ1n) is 8.06. The van der Waals surface area contributed by atoms with Gasteiger partial charge in [0, 0.05) is 37.3 Å². The molecule has 0 bridgehead atoms. The molecule has 1 aliphatic heterocycles. The van der Waals surface area contributed by atoms with Crippen molar-refractivity contribution in [2.24, 2.45) is 17.1 Å². The molecule has 1 heterocycles. The van der Waals surface area contributed by atoms with Crippen LogP contribution in [0.3, 0.4) is 0 Å². The van der Waals surface area contributed by atoms with Crippen LogP contribution in [0.1, 0.15) is 40.0 Å². The SMILES string of the molecule is CCOC1CC(N)(CN(C)CC2CCCOC2)C1(C)C. The summed E-state index contributed by atoms with van der Waals surface area (Å²) in [7, 11) is 2.19. The smallest absolute Gasteiger partial charge is 0.0662 e. The van der Waals surface area contributed by atoms with E-state index < -0.39 is 0 Å². The van der Waals surface area contributed by atoms with Crippen LogP contribution in [0.2, 0.25) is 0 Å². The molecular weight excluding hydrogens is 252 g/mol. The second kappa shape index (κ2) is 6.30. The molecule has 0 spiro atoms. The van der Waals surface area contributed by atoms with E-state index >= 15 is 0 Å². The molecule has 118 valence electrons. The van der Waals surface area contributed by atoms with Crippen molar-refractivity contribution in [2.45, 2.75) is 51.7 Å². The van der Waals surface area contributed by atoms with E-state index in [0.29, 0.717) is 12.0 Å². The van der Waals surface area contributed by atoms with Gasteiger partial charge < -0.3 is 20.1 Å². The number of rotatable bonds is 6. The molecule has 4 nitrogen and oxygen atoms in total. The van der Waals surface area contributed by atoms with Gasteiger partial charge in [0.25, 0.3) is 0 Å². The average Bonchev–Trinajstić information content (AvgIpc) is 2.39. The molecule has 3 unspecified atom stereocenters. The van der Waals surface area contributed by atoms with E-state index in [-0.39, 0.29) is 11.0 Å². The summed E-state index contributed by atoms with van der Waals surface area (Å²) in [6.45, 7) is 11.2. The lowest BCUT2D eigenvalue weighted by atomic mass is 9.54. The van der Waals surface area contributed by atoms with Crippen LogP contribution in [-0.4, -0.2) is 56.5 Å². The summed E-state index contributed by atoms with van der Waals surface area (Å²) in [6.07, 6.45) is 3.76. The zero-order chi connectivity index (χ0) is 14.8. The van der Waals surface area contributed by atoms with Gasteiger partial charge in [0.1, 0.15) is 0 Å². The van der Waals surface area contributed by atoms with E-state index in [1.807, 2.05) is 0 Å². The Morgan fingerprint density at radius 3 is 2.70 bits per heavy atom. The monoisotopic (exact) mass is 284 g/mol. The Kier molecular flexibility index (Phi) is 5.11. The predicted octanol–water partition coefficient (Wildman–Crippen LogP) is 1.88. The Morgan fingerprint density at radius 1 is 1.40 bits per heavy atom. The van der Waals surface area contributed by atoms with Crippen molar-refractivity contribution in [3.63, 3.8) is 0 Å². The fraction of sp³-hybridized carbons (Fsp3) is 1.00. The summed E-state index contributed by atoms with van der Waals surface area (Å²) < 4.78 is 11.4. The number of likely N-dealkylation sites (N-methyl/N-ethyl adjacent to an activating group) is 1. The first kappa shape index (κ1) is 16.2. The zero-order valence-electron chi connectivity index (χ0n) is 13.7. The van der Waals surface area contributed by atoms with Crippen LogP contribution in [0, 0.1) is 11.3 Å². The van der Waals surface area contributed by atoms with Gasteiger partial charge in [-0.1, -0.05) is 13.8 Å². The summed E-state index contributed by atoms with van der Waals surface area (Å²) in [5.74, 6) is 0.670. The van der Waals surface area contributed by atoms with Gasteiger partial charge in [0.2, 0.25) is 0 Å². The molecule has 1 saturated carbocycles.